The molecular formula is C56H45N. The smallest absolute Gasteiger partial charge is 0.0465 e. The number of hydrogen-bond donors (Lipinski definition) is 0. The van der Waals surface area contributed by atoms with E-state index in [0.717, 1.165) is 0 Å². The highest BCUT2D eigenvalue weighted by Crippen LogP contribution is 2.54. The second-order valence-corrected chi connectivity index (χ2v) is 17.4. The molecule has 8 aromatic rings. The van der Waals surface area contributed by atoms with E-state index in [-0.39, 0.29) is 10.8 Å². The fourth-order valence-corrected chi connectivity index (χ4v) is 10.4. The van der Waals surface area contributed by atoms with E-state index in [1.807, 2.05) is 0 Å². The van der Waals surface area contributed by atoms with Gasteiger partial charge in [0.05, 0.1) is 0 Å². The molecule has 0 saturated heterocycles. The van der Waals surface area contributed by atoms with Gasteiger partial charge >= 0.3 is 0 Å². The van der Waals surface area contributed by atoms with Gasteiger partial charge in [-0.1, -0.05) is 168 Å². The van der Waals surface area contributed by atoms with Crippen LogP contribution in [0.15, 0.2) is 176 Å². The molecule has 0 saturated carbocycles. The minimum absolute atomic E-state index is 0.0944. The highest BCUT2D eigenvalue weighted by atomic mass is 15.1. The van der Waals surface area contributed by atoms with Gasteiger partial charge in [-0.3, -0.25) is 0 Å². The summed E-state index contributed by atoms with van der Waals surface area (Å²) in [6.45, 7) is 11.9. The molecule has 3 aliphatic carbocycles. The maximum Gasteiger partial charge on any atom is 0.0465 e. The molecule has 0 heterocycles. The fraction of sp³-hybridized carbons (Fsp3) is 0.143. The van der Waals surface area contributed by atoms with E-state index in [9.17, 15) is 0 Å². The Hall–Kier alpha value is -6.44. The molecule has 0 N–H and O–H groups in total. The Kier molecular flexibility index (Phi) is 7.29. The molecule has 0 aliphatic heterocycles. The van der Waals surface area contributed by atoms with Gasteiger partial charge in [0.25, 0.3) is 0 Å². The lowest BCUT2D eigenvalue weighted by Gasteiger charge is -2.30. The summed E-state index contributed by atoms with van der Waals surface area (Å²) in [4.78, 5) is 2.51. The van der Waals surface area contributed by atoms with Crippen molar-refractivity contribution in [2.75, 3.05) is 4.90 Å². The van der Waals surface area contributed by atoms with E-state index in [2.05, 4.69) is 215 Å². The third-order valence-electron chi connectivity index (χ3n) is 13.5. The zero-order valence-corrected chi connectivity index (χ0v) is 33.3. The molecule has 0 bridgehead atoms. The standard InChI is InChI=1S/C56H45N/c1-35-43-15-9-10-16-44(43)45-28-24-40(32-50(35)45)57(41-25-29-48-46-17-11-12-18-51(46)55(2,3)53(48)33-41)42-26-30-49-47-27-23-39(31-52(47)56(4,5)54(49)34-42)38-21-19-37(20-22-38)36-13-7-6-8-14-36/h6-35H,1-5H3. The lowest BCUT2D eigenvalue weighted by atomic mass is 9.81. The van der Waals surface area contributed by atoms with E-state index in [1.54, 1.807) is 0 Å². The van der Waals surface area contributed by atoms with Crippen molar-refractivity contribution in [3.8, 4) is 55.6 Å². The molecule has 0 spiro atoms. The fourth-order valence-electron chi connectivity index (χ4n) is 10.4. The average molecular weight is 732 g/mol. The molecule has 8 aromatic carbocycles. The predicted octanol–water partition coefficient (Wildman–Crippen LogP) is 15.2. The molecule has 1 nitrogen and oxygen atoms in total. The van der Waals surface area contributed by atoms with Crippen LogP contribution in [0, 0.1) is 0 Å². The van der Waals surface area contributed by atoms with Crippen molar-refractivity contribution in [2.45, 2.75) is 51.4 Å². The van der Waals surface area contributed by atoms with E-state index >= 15 is 0 Å². The molecule has 1 atom stereocenters. The largest absolute Gasteiger partial charge is 0.310 e. The molecule has 0 amide bonds. The van der Waals surface area contributed by atoms with Gasteiger partial charge in [-0.05, 0) is 131 Å². The summed E-state index contributed by atoms with van der Waals surface area (Å²) in [5.74, 6) is 0.337. The third kappa shape index (κ3) is 5.01. The molecule has 0 radical (unpaired) electrons. The topological polar surface area (TPSA) is 3.24 Å². The van der Waals surface area contributed by atoms with Crippen molar-refractivity contribution in [1.29, 1.82) is 0 Å². The first-order valence-electron chi connectivity index (χ1n) is 20.4. The van der Waals surface area contributed by atoms with Crippen molar-refractivity contribution in [2.24, 2.45) is 0 Å². The first-order chi connectivity index (χ1) is 27.7. The van der Waals surface area contributed by atoms with Gasteiger partial charge in [-0.2, -0.15) is 0 Å². The Bertz CT molecular complexity index is 2910. The number of hydrogen-bond acceptors (Lipinski definition) is 1. The van der Waals surface area contributed by atoms with Crippen molar-refractivity contribution in [1.82, 2.24) is 0 Å². The number of anilines is 3. The van der Waals surface area contributed by atoms with Gasteiger partial charge in [0.15, 0.2) is 0 Å². The van der Waals surface area contributed by atoms with Crippen LogP contribution in [0.25, 0.3) is 55.6 Å². The molecule has 3 aliphatic rings. The maximum atomic E-state index is 2.51. The Morgan fingerprint density at radius 3 is 1.42 bits per heavy atom. The zero-order valence-electron chi connectivity index (χ0n) is 33.3. The van der Waals surface area contributed by atoms with E-state index < -0.39 is 0 Å². The lowest BCUT2D eigenvalue weighted by Crippen LogP contribution is -2.18. The summed E-state index contributed by atoms with van der Waals surface area (Å²) in [5.41, 5.74) is 24.7. The summed E-state index contributed by atoms with van der Waals surface area (Å²) in [7, 11) is 0. The number of nitrogens with zero attached hydrogens (tertiary/aromatic N) is 1. The minimum atomic E-state index is -0.179. The van der Waals surface area contributed by atoms with Gasteiger partial charge in [0.1, 0.15) is 0 Å². The number of fused-ring (bicyclic) bond motifs is 9. The first-order valence-corrected chi connectivity index (χ1v) is 20.4. The summed E-state index contributed by atoms with van der Waals surface area (Å²) in [6, 6.07) is 66.1. The highest BCUT2D eigenvalue weighted by molar-refractivity contribution is 5.90. The van der Waals surface area contributed by atoms with E-state index in [4.69, 9.17) is 0 Å². The van der Waals surface area contributed by atoms with Crippen LogP contribution in [0.4, 0.5) is 17.1 Å². The van der Waals surface area contributed by atoms with Crippen LogP contribution in [0.2, 0.25) is 0 Å². The summed E-state index contributed by atoms with van der Waals surface area (Å²) < 4.78 is 0. The van der Waals surface area contributed by atoms with Crippen LogP contribution in [0.3, 0.4) is 0 Å². The maximum absolute atomic E-state index is 2.51. The Morgan fingerprint density at radius 1 is 0.333 bits per heavy atom. The van der Waals surface area contributed by atoms with Gasteiger partial charge in [-0.25, -0.2) is 0 Å². The molecule has 274 valence electrons. The molecule has 0 aromatic heterocycles. The van der Waals surface area contributed by atoms with Crippen molar-refractivity contribution >= 4 is 17.1 Å². The Balaban J connectivity index is 1.02. The second-order valence-electron chi connectivity index (χ2n) is 17.4. The molecule has 0 fully saturated rings. The Labute approximate surface area is 336 Å². The van der Waals surface area contributed by atoms with Crippen LogP contribution >= 0.6 is 0 Å². The van der Waals surface area contributed by atoms with Crippen LogP contribution in [0.5, 0.6) is 0 Å². The summed E-state index contributed by atoms with van der Waals surface area (Å²) in [6.07, 6.45) is 0. The molecule has 11 rings (SSSR count). The van der Waals surface area contributed by atoms with Crippen LogP contribution in [0.1, 0.15) is 73.9 Å². The highest BCUT2D eigenvalue weighted by Gasteiger charge is 2.38. The van der Waals surface area contributed by atoms with Gasteiger partial charge in [0.2, 0.25) is 0 Å². The lowest BCUT2D eigenvalue weighted by molar-refractivity contribution is 0.660. The Morgan fingerprint density at radius 2 is 0.754 bits per heavy atom. The van der Waals surface area contributed by atoms with Crippen LogP contribution in [-0.2, 0) is 10.8 Å². The number of benzene rings is 8. The minimum Gasteiger partial charge on any atom is -0.310 e. The van der Waals surface area contributed by atoms with Crippen molar-refractivity contribution in [3.63, 3.8) is 0 Å². The summed E-state index contributed by atoms with van der Waals surface area (Å²) in [5, 5.41) is 0. The summed E-state index contributed by atoms with van der Waals surface area (Å²) >= 11 is 0. The third-order valence-corrected chi connectivity index (χ3v) is 13.5. The van der Waals surface area contributed by atoms with Gasteiger partial charge in [0, 0.05) is 33.8 Å². The molecular weight excluding hydrogens is 687 g/mol. The zero-order chi connectivity index (χ0) is 38.6. The quantitative estimate of drug-likeness (QED) is 0.170. The SMILES string of the molecule is CC1c2ccccc2-c2ccc(N(c3ccc4c(c3)C(C)(C)c3ccccc3-4)c3ccc4c(c3)C(C)(C)c3cc(-c5ccc(-c6ccccc6)cc5)ccc3-4)cc21. The molecule has 1 heteroatoms. The van der Waals surface area contributed by atoms with Gasteiger partial charge in [-0.15, -0.1) is 0 Å². The van der Waals surface area contributed by atoms with Crippen molar-refractivity contribution < 1.29 is 0 Å². The van der Waals surface area contributed by atoms with E-state index in [0.29, 0.717) is 5.92 Å². The normalized spacial score (nSPS) is 15.9. The van der Waals surface area contributed by atoms with Crippen LogP contribution in [-0.4, -0.2) is 0 Å². The average Bonchev–Trinajstić information content (AvgIpc) is 3.76. The predicted molar refractivity (Wildman–Crippen MR) is 240 cm³/mol. The monoisotopic (exact) mass is 731 g/mol. The molecule has 1 unspecified atom stereocenters. The van der Waals surface area contributed by atoms with Gasteiger partial charge < -0.3 is 4.90 Å². The first kappa shape index (κ1) is 33.9. The molecule has 57 heavy (non-hydrogen) atoms. The number of rotatable bonds is 5. The van der Waals surface area contributed by atoms with E-state index in [1.165, 1.54) is 106 Å². The van der Waals surface area contributed by atoms with Crippen molar-refractivity contribution in [3.05, 3.63) is 209 Å². The second kappa shape index (κ2) is 12.3. The van der Waals surface area contributed by atoms with Crippen LogP contribution < -0.4 is 4.90 Å².